The van der Waals surface area contributed by atoms with Crippen LogP contribution in [0.25, 0.3) is 11.0 Å². The van der Waals surface area contributed by atoms with E-state index in [0.717, 1.165) is 43.9 Å². The molecule has 0 radical (unpaired) electrons. The number of benzene rings is 2. The number of carbonyl (C=O) groups is 1. The summed E-state index contributed by atoms with van der Waals surface area (Å²) in [6, 6.07) is 7.55. The van der Waals surface area contributed by atoms with Gasteiger partial charge in [0.2, 0.25) is 5.91 Å². The number of rotatable bonds is 5. The highest BCUT2D eigenvalue weighted by Gasteiger charge is 2.28. The number of carbonyl (C=O) groups excluding carboxylic acids is 1. The second-order valence-corrected chi connectivity index (χ2v) is 8.15. The van der Waals surface area contributed by atoms with E-state index in [0.29, 0.717) is 11.0 Å². The van der Waals surface area contributed by atoms with E-state index in [2.05, 4.69) is 28.2 Å². The van der Waals surface area contributed by atoms with Crippen LogP contribution in [-0.2, 0) is 17.8 Å². The highest BCUT2D eigenvalue weighted by Crippen LogP contribution is 2.30. The van der Waals surface area contributed by atoms with E-state index in [1.165, 1.54) is 17.5 Å². The molecular weight excluding hydrogens is 386 g/mol. The normalized spacial score (nSPS) is 15.4. The van der Waals surface area contributed by atoms with Crippen molar-refractivity contribution < 1.29 is 13.6 Å². The number of likely N-dealkylation sites (N-methyl/N-ethyl adjacent to an activating group) is 1. The third kappa shape index (κ3) is 3.69. The molecule has 1 aliphatic heterocycles. The number of hydrogen-bond donors (Lipinski definition) is 1. The maximum Gasteiger partial charge on any atom is 0.247 e. The zero-order valence-corrected chi connectivity index (χ0v) is 17.5. The molecule has 4 rings (SSSR count). The van der Waals surface area contributed by atoms with Crippen LogP contribution >= 0.6 is 0 Å². The third-order valence-electron chi connectivity index (χ3n) is 5.87. The Hall–Kier alpha value is -2.80. The van der Waals surface area contributed by atoms with Gasteiger partial charge in [-0.25, -0.2) is 13.8 Å². The van der Waals surface area contributed by atoms with Crippen molar-refractivity contribution in [1.82, 2.24) is 14.5 Å². The van der Waals surface area contributed by atoms with Crippen LogP contribution in [-0.4, -0.2) is 33.4 Å². The third-order valence-corrected chi connectivity index (χ3v) is 5.87. The molecule has 30 heavy (non-hydrogen) atoms. The number of imidazole rings is 1. The first-order valence-electron chi connectivity index (χ1n) is 10.3. The minimum atomic E-state index is -0.954. The average Bonchev–Trinajstić information content (AvgIpc) is 3.10. The maximum absolute atomic E-state index is 13.8. The van der Waals surface area contributed by atoms with Crippen LogP contribution in [0.4, 0.5) is 14.5 Å². The number of aromatic nitrogens is 2. The molecule has 0 fully saturated rings. The van der Waals surface area contributed by atoms with Gasteiger partial charge in [0.1, 0.15) is 6.04 Å². The van der Waals surface area contributed by atoms with E-state index in [1.54, 1.807) is 4.57 Å². The van der Waals surface area contributed by atoms with Crippen molar-refractivity contribution in [2.45, 2.75) is 39.8 Å². The lowest BCUT2D eigenvalue weighted by Crippen LogP contribution is -2.33. The van der Waals surface area contributed by atoms with Gasteiger partial charge in [0.25, 0.3) is 0 Å². The molecule has 0 saturated carbocycles. The fourth-order valence-electron chi connectivity index (χ4n) is 4.26. The molecule has 2 aromatic carbocycles. The summed E-state index contributed by atoms with van der Waals surface area (Å²) < 4.78 is 29.0. The molecule has 7 heteroatoms. The van der Waals surface area contributed by atoms with E-state index < -0.39 is 17.7 Å². The Bertz CT molecular complexity index is 1090. The predicted molar refractivity (Wildman–Crippen MR) is 113 cm³/mol. The Morgan fingerprint density at radius 3 is 2.73 bits per heavy atom. The molecule has 5 nitrogen and oxygen atoms in total. The standard InChI is InChI=1S/C23H26F2N4O/c1-4-28-9-8-16-15(12-28)6-5-7-19(16)27-23(30)22(14(2)3)29-13-26-20-10-17(24)18(25)11-21(20)29/h5-7,10-11,13-14,22H,4,8-9,12H2,1-3H3,(H,27,30). The fraction of sp³-hybridized carbons (Fsp3) is 0.391. The summed E-state index contributed by atoms with van der Waals surface area (Å²) in [6.45, 7) is 8.83. The minimum Gasteiger partial charge on any atom is -0.324 e. The second kappa shape index (κ2) is 8.14. The number of anilines is 1. The van der Waals surface area contributed by atoms with Gasteiger partial charge < -0.3 is 9.88 Å². The SMILES string of the molecule is CCN1CCc2c(cccc2NC(=O)C(C(C)C)n2cnc3cc(F)c(F)cc32)C1. The van der Waals surface area contributed by atoms with Crippen molar-refractivity contribution in [3.63, 3.8) is 0 Å². The van der Waals surface area contributed by atoms with Crippen molar-refractivity contribution in [1.29, 1.82) is 0 Å². The van der Waals surface area contributed by atoms with Gasteiger partial charge in [-0.05, 0) is 36.1 Å². The van der Waals surface area contributed by atoms with E-state index in [1.807, 2.05) is 26.0 Å². The van der Waals surface area contributed by atoms with Crippen molar-refractivity contribution >= 4 is 22.6 Å². The topological polar surface area (TPSA) is 50.2 Å². The van der Waals surface area contributed by atoms with Gasteiger partial charge >= 0.3 is 0 Å². The molecule has 0 aliphatic carbocycles. The summed E-state index contributed by atoms with van der Waals surface area (Å²) in [5, 5.41) is 3.09. The van der Waals surface area contributed by atoms with Crippen LogP contribution in [0.2, 0.25) is 0 Å². The van der Waals surface area contributed by atoms with Crippen LogP contribution in [0.15, 0.2) is 36.7 Å². The average molecular weight is 412 g/mol. The maximum atomic E-state index is 13.8. The van der Waals surface area contributed by atoms with Crippen LogP contribution < -0.4 is 5.32 Å². The lowest BCUT2D eigenvalue weighted by molar-refractivity contribution is -0.120. The van der Waals surface area contributed by atoms with E-state index in [4.69, 9.17) is 0 Å². The fourth-order valence-corrected chi connectivity index (χ4v) is 4.26. The molecule has 1 aromatic heterocycles. The zero-order chi connectivity index (χ0) is 21.4. The Kier molecular flexibility index (Phi) is 5.56. The first-order valence-corrected chi connectivity index (χ1v) is 10.3. The summed E-state index contributed by atoms with van der Waals surface area (Å²) in [4.78, 5) is 19.9. The molecule has 1 atom stereocenters. The van der Waals surface area contributed by atoms with Gasteiger partial charge in [0.15, 0.2) is 11.6 Å². The second-order valence-electron chi connectivity index (χ2n) is 8.15. The first kappa shape index (κ1) is 20.5. The van der Waals surface area contributed by atoms with Gasteiger partial charge in [0, 0.05) is 30.9 Å². The molecule has 1 aliphatic rings. The highest BCUT2D eigenvalue weighted by molar-refractivity contribution is 5.95. The largest absolute Gasteiger partial charge is 0.324 e. The zero-order valence-electron chi connectivity index (χ0n) is 17.5. The Morgan fingerprint density at radius 1 is 1.23 bits per heavy atom. The van der Waals surface area contributed by atoms with E-state index in [-0.39, 0.29) is 11.8 Å². The van der Waals surface area contributed by atoms with Crippen molar-refractivity contribution in [3.8, 4) is 0 Å². The monoisotopic (exact) mass is 412 g/mol. The Labute approximate surface area is 174 Å². The van der Waals surface area contributed by atoms with Gasteiger partial charge in [-0.3, -0.25) is 9.69 Å². The van der Waals surface area contributed by atoms with Gasteiger partial charge in [-0.1, -0.05) is 32.9 Å². The first-order chi connectivity index (χ1) is 14.4. The molecule has 1 unspecified atom stereocenters. The van der Waals surface area contributed by atoms with Crippen molar-refractivity contribution in [2.24, 2.45) is 5.92 Å². The Balaban J connectivity index is 1.66. The highest BCUT2D eigenvalue weighted by atomic mass is 19.2. The van der Waals surface area contributed by atoms with Crippen LogP contribution in [0.3, 0.4) is 0 Å². The van der Waals surface area contributed by atoms with Crippen molar-refractivity contribution in [2.75, 3.05) is 18.4 Å². The number of hydrogen-bond acceptors (Lipinski definition) is 3. The van der Waals surface area contributed by atoms with Crippen LogP contribution in [0.1, 0.15) is 37.9 Å². The van der Waals surface area contributed by atoms with Crippen LogP contribution in [0.5, 0.6) is 0 Å². The predicted octanol–water partition coefficient (Wildman–Crippen LogP) is 4.53. The van der Waals surface area contributed by atoms with Gasteiger partial charge in [-0.2, -0.15) is 0 Å². The smallest absolute Gasteiger partial charge is 0.247 e. The van der Waals surface area contributed by atoms with Crippen LogP contribution in [0, 0.1) is 17.6 Å². The number of nitrogens with zero attached hydrogens (tertiary/aromatic N) is 3. The lowest BCUT2D eigenvalue weighted by Gasteiger charge is -2.30. The summed E-state index contributed by atoms with van der Waals surface area (Å²) in [6.07, 6.45) is 2.36. The summed E-state index contributed by atoms with van der Waals surface area (Å²) in [5.41, 5.74) is 3.94. The quantitative estimate of drug-likeness (QED) is 0.670. The summed E-state index contributed by atoms with van der Waals surface area (Å²) in [7, 11) is 0. The minimum absolute atomic E-state index is 0.0781. The van der Waals surface area contributed by atoms with Gasteiger partial charge in [-0.15, -0.1) is 0 Å². The molecule has 3 aromatic rings. The molecule has 0 spiro atoms. The molecule has 158 valence electrons. The molecule has 1 N–H and O–H groups in total. The molecule has 0 saturated heterocycles. The lowest BCUT2D eigenvalue weighted by atomic mass is 9.97. The van der Waals surface area contributed by atoms with Crippen molar-refractivity contribution in [3.05, 3.63) is 59.4 Å². The summed E-state index contributed by atoms with van der Waals surface area (Å²) >= 11 is 0. The molecule has 2 heterocycles. The Morgan fingerprint density at radius 2 is 2.00 bits per heavy atom. The van der Waals surface area contributed by atoms with E-state index in [9.17, 15) is 13.6 Å². The number of amides is 1. The van der Waals surface area contributed by atoms with E-state index >= 15 is 0 Å². The molecular formula is C23H26F2N4O. The summed E-state index contributed by atoms with van der Waals surface area (Å²) in [5.74, 6) is -2.17. The number of fused-ring (bicyclic) bond motifs is 2. The number of halogens is 2. The molecule has 0 bridgehead atoms. The number of nitrogens with one attached hydrogen (secondary N) is 1. The molecule has 1 amide bonds. The van der Waals surface area contributed by atoms with Gasteiger partial charge in [0.05, 0.1) is 17.4 Å².